The second-order valence-electron chi connectivity index (χ2n) is 4.86. The van der Waals surface area contributed by atoms with Gasteiger partial charge in [0.15, 0.2) is 0 Å². The second-order valence-corrected chi connectivity index (χ2v) is 4.86. The Hall–Kier alpha value is -1.91. The molecule has 0 saturated heterocycles. The fraction of sp³-hybridized carbons (Fsp3) is 0.500. The molecule has 118 valence electrons. The number of carbonyl (C=O) groups is 2. The van der Waals surface area contributed by atoms with Crippen LogP contribution >= 0.6 is 0 Å². The molecule has 1 N–H and O–H groups in total. The molecule has 1 aromatic rings. The summed E-state index contributed by atoms with van der Waals surface area (Å²) in [6.07, 6.45) is 1.25. The van der Waals surface area contributed by atoms with E-state index in [-0.39, 0.29) is 18.0 Å². The van der Waals surface area contributed by atoms with Crippen LogP contribution in [0.1, 0.15) is 56.0 Å². The zero-order valence-corrected chi connectivity index (χ0v) is 13.3. The predicted molar refractivity (Wildman–Crippen MR) is 80.8 cm³/mol. The monoisotopic (exact) mass is 297 g/mol. The summed E-state index contributed by atoms with van der Waals surface area (Å²) in [5.41, 5.74) is 0.796. The number of hydrogen-bond acceptors (Lipinski definition) is 3. The Bertz CT molecular complexity index is 473. The van der Waals surface area contributed by atoms with Gasteiger partial charge in [0.1, 0.15) is 12.4 Å². The van der Waals surface area contributed by atoms with Gasteiger partial charge in [-0.25, -0.2) is 4.39 Å². The third kappa shape index (κ3) is 6.88. The fourth-order valence-electron chi connectivity index (χ4n) is 1.40. The molecule has 1 rings (SSSR count). The maximum Gasteiger partial charge on any atom is 0.325 e. The van der Waals surface area contributed by atoms with Crippen molar-refractivity contribution in [2.24, 2.45) is 0 Å². The van der Waals surface area contributed by atoms with E-state index < -0.39 is 17.7 Å². The summed E-state index contributed by atoms with van der Waals surface area (Å²) in [6.45, 7) is 7.87. The number of halogens is 1. The van der Waals surface area contributed by atoms with Gasteiger partial charge < -0.3 is 10.1 Å². The zero-order chi connectivity index (χ0) is 16.4. The number of rotatable bonds is 4. The average Bonchev–Trinajstić information content (AvgIpc) is 2.45. The minimum atomic E-state index is -0.625. The number of methoxy groups -OCH3 is 1. The van der Waals surface area contributed by atoms with E-state index in [4.69, 9.17) is 0 Å². The Morgan fingerprint density at radius 1 is 1.29 bits per heavy atom. The minimum Gasteiger partial charge on any atom is -0.468 e. The molecule has 0 saturated carbocycles. The van der Waals surface area contributed by atoms with Crippen LogP contribution in [0.2, 0.25) is 0 Å². The van der Waals surface area contributed by atoms with Gasteiger partial charge in [-0.15, -0.1) is 0 Å². The molecule has 0 spiro atoms. The number of benzene rings is 1. The molecule has 4 nitrogen and oxygen atoms in total. The molecule has 0 aliphatic heterocycles. The standard InChI is InChI=1S/C13H16FNO3.C3H8/c1-8(2)9-4-5-11(14)10(6-9)13(17)15-7-12(16)18-3;1-3-2/h4-6,8H,7H2,1-3H3,(H,15,17);3H2,1-2H3. The van der Waals surface area contributed by atoms with Crippen LogP contribution in [0.25, 0.3) is 0 Å². The van der Waals surface area contributed by atoms with Crippen LogP contribution < -0.4 is 5.32 Å². The number of nitrogens with one attached hydrogen (secondary N) is 1. The maximum absolute atomic E-state index is 13.5. The first kappa shape index (κ1) is 19.1. The van der Waals surface area contributed by atoms with E-state index in [0.717, 1.165) is 5.56 Å². The lowest BCUT2D eigenvalue weighted by molar-refractivity contribution is -0.139. The molecule has 0 aliphatic rings. The smallest absolute Gasteiger partial charge is 0.325 e. The zero-order valence-electron chi connectivity index (χ0n) is 13.3. The third-order valence-corrected chi connectivity index (χ3v) is 2.52. The molecular weight excluding hydrogens is 273 g/mol. The van der Waals surface area contributed by atoms with E-state index in [1.54, 1.807) is 6.07 Å². The second kappa shape index (κ2) is 9.91. The SMILES string of the molecule is CCC.COC(=O)CNC(=O)c1cc(C(C)C)ccc1F. The molecule has 0 aliphatic carbocycles. The molecule has 1 aromatic carbocycles. The molecule has 1 amide bonds. The van der Waals surface area contributed by atoms with E-state index in [9.17, 15) is 14.0 Å². The quantitative estimate of drug-likeness (QED) is 0.868. The van der Waals surface area contributed by atoms with Crippen LogP contribution in [0.5, 0.6) is 0 Å². The van der Waals surface area contributed by atoms with Crippen LogP contribution in [0.15, 0.2) is 18.2 Å². The van der Waals surface area contributed by atoms with Gasteiger partial charge in [-0.2, -0.15) is 0 Å². The molecule has 0 heterocycles. The highest BCUT2D eigenvalue weighted by atomic mass is 19.1. The molecular formula is C16H24FNO3. The summed E-state index contributed by atoms with van der Waals surface area (Å²) >= 11 is 0. The first-order valence-electron chi connectivity index (χ1n) is 7.01. The van der Waals surface area contributed by atoms with E-state index in [0.29, 0.717) is 0 Å². The van der Waals surface area contributed by atoms with Crippen molar-refractivity contribution in [2.75, 3.05) is 13.7 Å². The van der Waals surface area contributed by atoms with Gasteiger partial charge in [-0.1, -0.05) is 40.2 Å². The summed E-state index contributed by atoms with van der Waals surface area (Å²) in [7, 11) is 1.22. The summed E-state index contributed by atoms with van der Waals surface area (Å²) in [6, 6.07) is 4.38. The molecule has 21 heavy (non-hydrogen) atoms. The number of ether oxygens (including phenoxy) is 1. The molecule has 0 atom stereocenters. The molecule has 0 unspecified atom stereocenters. The highest BCUT2D eigenvalue weighted by Gasteiger charge is 2.14. The van der Waals surface area contributed by atoms with Crippen LogP contribution in [0, 0.1) is 5.82 Å². The fourth-order valence-corrected chi connectivity index (χ4v) is 1.40. The number of carbonyl (C=O) groups excluding carboxylic acids is 2. The first-order chi connectivity index (χ1) is 9.87. The van der Waals surface area contributed by atoms with Crippen molar-refractivity contribution in [3.05, 3.63) is 35.1 Å². The van der Waals surface area contributed by atoms with Gasteiger partial charge in [0.25, 0.3) is 5.91 Å². The predicted octanol–water partition coefficient (Wildman–Crippen LogP) is 3.27. The number of amides is 1. The molecule has 0 radical (unpaired) electrons. The maximum atomic E-state index is 13.5. The normalized spacial score (nSPS) is 9.67. The lowest BCUT2D eigenvalue weighted by Crippen LogP contribution is -2.30. The van der Waals surface area contributed by atoms with Crippen LogP contribution in [0.4, 0.5) is 4.39 Å². The average molecular weight is 297 g/mol. The van der Waals surface area contributed by atoms with E-state index in [2.05, 4.69) is 23.9 Å². The molecule has 5 heteroatoms. The van der Waals surface area contributed by atoms with Crippen molar-refractivity contribution in [1.29, 1.82) is 0 Å². The Kier molecular flexibility index (Phi) is 9.01. The lowest BCUT2D eigenvalue weighted by atomic mass is 10.0. The van der Waals surface area contributed by atoms with Gasteiger partial charge >= 0.3 is 5.97 Å². The van der Waals surface area contributed by atoms with Gasteiger partial charge in [-0.05, 0) is 23.6 Å². The summed E-state index contributed by atoms with van der Waals surface area (Å²) < 4.78 is 17.9. The van der Waals surface area contributed by atoms with Crippen molar-refractivity contribution in [3.8, 4) is 0 Å². The summed E-state index contributed by atoms with van der Waals surface area (Å²) in [5, 5.41) is 2.30. The topological polar surface area (TPSA) is 55.4 Å². The van der Waals surface area contributed by atoms with Gasteiger partial charge in [-0.3, -0.25) is 9.59 Å². The molecule has 0 aromatic heterocycles. The van der Waals surface area contributed by atoms with Gasteiger partial charge in [0, 0.05) is 0 Å². The van der Waals surface area contributed by atoms with E-state index in [1.807, 2.05) is 13.8 Å². The van der Waals surface area contributed by atoms with Gasteiger partial charge in [0.2, 0.25) is 0 Å². The van der Waals surface area contributed by atoms with Gasteiger partial charge in [0.05, 0.1) is 12.7 Å². The van der Waals surface area contributed by atoms with Crippen molar-refractivity contribution in [2.45, 2.75) is 40.0 Å². The highest BCUT2D eigenvalue weighted by Crippen LogP contribution is 2.18. The lowest BCUT2D eigenvalue weighted by Gasteiger charge is -2.09. The van der Waals surface area contributed by atoms with E-state index >= 15 is 0 Å². The summed E-state index contributed by atoms with van der Waals surface area (Å²) in [5.74, 6) is -1.62. The Morgan fingerprint density at radius 2 is 1.86 bits per heavy atom. The number of esters is 1. The van der Waals surface area contributed by atoms with Crippen LogP contribution in [0.3, 0.4) is 0 Å². The van der Waals surface area contributed by atoms with Crippen LogP contribution in [-0.2, 0) is 9.53 Å². The Balaban J connectivity index is 0.00000122. The highest BCUT2D eigenvalue weighted by molar-refractivity contribution is 5.96. The largest absolute Gasteiger partial charge is 0.468 e. The Labute approximate surface area is 125 Å². The first-order valence-corrected chi connectivity index (χ1v) is 7.01. The Morgan fingerprint density at radius 3 is 2.33 bits per heavy atom. The number of hydrogen-bond donors (Lipinski definition) is 1. The van der Waals surface area contributed by atoms with Crippen LogP contribution in [-0.4, -0.2) is 25.5 Å². The van der Waals surface area contributed by atoms with Crippen molar-refractivity contribution < 1.29 is 18.7 Å². The van der Waals surface area contributed by atoms with Crippen molar-refractivity contribution in [3.63, 3.8) is 0 Å². The third-order valence-electron chi connectivity index (χ3n) is 2.52. The summed E-state index contributed by atoms with van der Waals surface area (Å²) in [4.78, 5) is 22.6. The minimum absolute atomic E-state index is 0.0647. The molecule has 0 fully saturated rings. The van der Waals surface area contributed by atoms with Crippen molar-refractivity contribution in [1.82, 2.24) is 5.32 Å². The van der Waals surface area contributed by atoms with E-state index in [1.165, 1.54) is 25.7 Å². The van der Waals surface area contributed by atoms with Crippen molar-refractivity contribution >= 4 is 11.9 Å². The molecule has 0 bridgehead atoms.